The number of methoxy groups -OCH3 is 2. The number of urea groups is 1. The van der Waals surface area contributed by atoms with Crippen molar-refractivity contribution in [1.82, 2.24) is 20.9 Å². The number of hydrogen-bond acceptors (Lipinski definition) is 7. The van der Waals surface area contributed by atoms with Gasteiger partial charge in [0, 0.05) is 26.6 Å². The van der Waals surface area contributed by atoms with E-state index in [9.17, 15) is 19.2 Å². The fourth-order valence-corrected chi connectivity index (χ4v) is 5.11. The molecule has 11 heteroatoms. The predicted octanol–water partition coefficient (Wildman–Crippen LogP) is 2.02. The highest BCUT2D eigenvalue weighted by Gasteiger charge is 2.50. The number of rotatable bonds is 13. The van der Waals surface area contributed by atoms with Gasteiger partial charge in [0.2, 0.25) is 11.8 Å². The lowest BCUT2D eigenvalue weighted by Crippen LogP contribution is -2.58. The van der Waals surface area contributed by atoms with Gasteiger partial charge in [0.1, 0.15) is 23.4 Å². The van der Waals surface area contributed by atoms with Crippen LogP contribution in [0, 0.1) is 0 Å². The van der Waals surface area contributed by atoms with E-state index in [1.165, 1.54) is 0 Å². The molecule has 2 aliphatic rings. The molecule has 0 bridgehead atoms. The fourth-order valence-electron chi connectivity index (χ4n) is 5.11. The van der Waals surface area contributed by atoms with Crippen LogP contribution in [0.5, 0.6) is 5.75 Å². The molecule has 0 unspecified atom stereocenters. The van der Waals surface area contributed by atoms with Gasteiger partial charge in [-0.1, -0.05) is 42.5 Å². The molecule has 2 saturated heterocycles. The Hall–Kier alpha value is -3.96. The number of carbonyl (C=O) groups is 4. The Morgan fingerprint density at radius 2 is 1.56 bits per heavy atom. The van der Waals surface area contributed by atoms with Crippen molar-refractivity contribution in [2.45, 2.75) is 69.4 Å². The number of likely N-dealkylation sites (tertiary alicyclic amines) is 1. The van der Waals surface area contributed by atoms with Crippen molar-refractivity contribution in [2.24, 2.45) is 0 Å². The van der Waals surface area contributed by atoms with Gasteiger partial charge in [0.15, 0.2) is 5.78 Å². The largest absolute Gasteiger partial charge is 0.497 e. The Morgan fingerprint density at radius 3 is 2.19 bits per heavy atom. The topological polar surface area (TPSA) is 139 Å². The van der Waals surface area contributed by atoms with Crippen LogP contribution in [0.1, 0.15) is 37.8 Å². The summed E-state index contributed by atoms with van der Waals surface area (Å²) in [4.78, 5) is 54.9. The summed E-state index contributed by atoms with van der Waals surface area (Å²) in [5.41, 5.74) is 0.711. The van der Waals surface area contributed by atoms with Gasteiger partial charge in [-0.3, -0.25) is 14.4 Å². The zero-order valence-corrected chi connectivity index (χ0v) is 25.3. The third kappa shape index (κ3) is 8.77. The summed E-state index contributed by atoms with van der Waals surface area (Å²) in [6.45, 7) is 4.58. The zero-order valence-electron chi connectivity index (χ0n) is 25.3. The molecule has 43 heavy (non-hydrogen) atoms. The molecule has 2 heterocycles. The lowest BCUT2D eigenvalue weighted by Gasteiger charge is -2.32. The summed E-state index contributed by atoms with van der Waals surface area (Å²) in [5.74, 6) is -0.605. The van der Waals surface area contributed by atoms with E-state index >= 15 is 0 Å². The molecule has 0 saturated carbocycles. The summed E-state index contributed by atoms with van der Waals surface area (Å²) in [6, 6.07) is 13.4. The number of epoxide rings is 1. The Labute approximate surface area is 252 Å². The third-order valence-electron chi connectivity index (χ3n) is 7.98. The number of hydrogen-bond donors (Lipinski definition) is 3. The Morgan fingerprint density at radius 1 is 0.930 bits per heavy atom. The first kappa shape index (κ1) is 32.0. The Balaban J connectivity index is 1.48. The van der Waals surface area contributed by atoms with E-state index in [4.69, 9.17) is 14.2 Å². The molecule has 5 atom stereocenters. The number of benzene rings is 2. The number of piperidine rings is 1. The van der Waals surface area contributed by atoms with Crippen molar-refractivity contribution in [2.75, 3.05) is 33.9 Å². The molecule has 4 amide bonds. The van der Waals surface area contributed by atoms with Gasteiger partial charge in [-0.25, -0.2) is 4.79 Å². The zero-order chi connectivity index (χ0) is 31.0. The normalized spacial score (nSPS) is 21.6. The van der Waals surface area contributed by atoms with Crippen molar-refractivity contribution in [3.63, 3.8) is 0 Å². The summed E-state index contributed by atoms with van der Waals surface area (Å²) < 4.78 is 16.0. The minimum Gasteiger partial charge on any atom is -0.497 e. The van der Waals surface area contributed by atoms with Crippen LogP contribution in [0.4, 0.5) is 4.79 Å². The molecule has 4 rings (SSSR count). The van der Waals surface area contributed by atoms with Gasteiger partial charge in [-0.15, -0.1) is 0 Å². The smallest absolute Gasteiger partial charge is 0.318 e. The van der Waals surface area contributed by atoms with E-state index in [2.05, 4.69) is 16.0 Å². The summed E-state index contributed by atoms with van der Waals surface area (Å²) >= 11 is 0. The summed E-state index contributed by atoms with van der Waals surface area (Å²) in [5, 5.41) is 8.42. The highest BCUT2D eigenvalue weighted by molar-refractivity contribution is 5.98. The first-order valence-electron chi connectivity index (χ1n) is 14.7. The molecule has 0 spiro atoms. The average molecular weight is 595 g/mol. The van der Waals surface area contributed by atoms with E-state index in [1.807, 2.05) is 42.5 Å². The second-order valence-electron chi connectivity index (χ2n) is 11.4. The van der Waals surface area contributed by atoms with Crippen molar-refractivity contribution >= 4 is 23.6 Å². The minimum atomic E-state index is -1.02. The standard InChI is InChI=1S/C32H42N4O7/c1-21(33-31(40)36-16-8-11-25(19-36)42-4)29(38)35-27(18-23-12-14-24(41-3)15-13-23)30(39)34-26(28(37)32(2)20-43-32)17-22-9-6-5-7-10-22/h5-7,9-10,12-15,21,25-27H,8,11,16-20H2,1-4H3,(H,33,40)(H,34,39)(H,35,38)/t21-,25+,26+,27+,32-/m1/s1. The van der Waals surface area contributed by atoms with Gasteiger partial charge in [-0.05, 0) is 56.4 Å². The van der Waals surface area contributed by atoms with Gasteiger partial charge in [0.25, 0.3) is 0 Å². The number of nitrogens with one attached hydrogen (secondary N) is 3. The van der Waals surface area contributed by atoms with Crippen molar-refractivity contribution < 1.29 is 33.4 Å². The van der Waals surface area contributed by atoms with Gasteiger partial charge < -0.3 is 35.1 Å². The van der Waals surface area contributed by atoms with Gasteiger partial charge >= 0.3 is 6.03 Å². The maximum atomic E-state index is 13.8. The third-order valence-corrected chi connectivity index (χ3v) is 7.98. The number of amides is 4. The molecular formula is C32H42N4O7. The number of ketones is 1. The van der Waals surface area contributed by atoms with E-state index in [-0.39, 0.29) is 30.8 Å². The molecule has 0 aromatic heterocycles. The lowest BCUT2D eigenvalue weighted by atomic mass is 9.94. The molecule has 232 valence electrons. The number of Topliss-reactive ketones (excluding diaryl/α,β-unsaturated/α-hetero) is 1. The van der Waals surface area contributed by atoms with Crippen molar-refractivity contribution in [3.05, 3.63) is 65.7 Å². The molecule has 2 aliphatic heterocycles. The Bertz CT molecular complexity index is 1270. The summed E-state index contributed by atoms with van der Waals surface area (Å²) in [6.07, 6.45) is 2.07. The van der Waals surface area contributed by atoms with E-state index in [0.717, 1.165) is 24.0 Å². The molecule has 11 nitrogen and oxygen atoms in total. The highest BCUT2D eigenvalue weighted by Crippen LogP contribution is 2.29. The maximum Gasteiger partial charge on any atom is 0.318 e. The van der Waals surface area contributed by atoms with Crippen LogP contribution in [0.3, 0.4) is 0 Å². The first-order chi connectivity index (χ1) is 20.6. The monoisotopic (exact) mass is 594 g/mol. The van der Waals surface area contributed by atoms with Crippen LogP contribution < -0.4 is 20.7 Å². The molecule has 0 radical (unpaired) electrons. The van der Waals surface area contributed by atoms with Gasteiger partial charge in [0.05, 0.1) is 25.9 Å². The average Bonchev–Trinajstić information content (AvgIpc) is 3.78. The number of carbonyl (C=O) groups excluding carboxylic acids is 4. The van der Waals surface area contributed by atoms with Gasteiger partial charge in [-0.2, -0.15) is 0 Å². The van der Waals surface area contributed by atoms with E-state index in [1.54, 1.807) is 45.1 Å². The highest BCUT2D eigenvalue weighted by atomic mass is 16.6. The SMILES string of the molecule is COc1ccc(C[C@H](NC(=O)[C@@H](C)NC(=O)N2CCC[C@H](OC)C2)C(=O)N[C@@H](Cc2ccccc2)C(=O)[C@@]2(C)CO2)cc1. The van der Waals surface area contributed by atoms with Crippen LogP contribution >= 0.6 is 0 Å². The molecule has 0 aliphatic carbocycles. The van der Waals surface area contributed by atoms with Crippen molar-refractivity contribution in [3.8, 4) is 5.75 Å². The quantitative estimate of drug-likeness (QED) is 0.302. The lowest BCUT2D eigenvalue weighted by molar-refractivity contribution is -0.133. The van der Waals surface area contributed by atoms with Crippen LogP contribution in [0.15, 0.2) is 54.6 Å². The molecule has 2 fully saturated rings. The first-order valence-corrected chi connectivity index (χ1v) is 14.7. The predicted molar refractivity (Wildman–Crippen MR) is 160 cm³/mol. The number of ether oxygens (including phenoxy) is 3. The summed E-state index contributed by atoms with van der Waals surface area (Å²) in [7, 11) is 3.18. The second-order valence-corrected chi connectivity index (χ2v) is 11.4. The van der Waals surface area contributed by atoms with Crippen LogP contribution in [-0.4, -0.2) is 92.3 Å². The Kier molecular flexibility index (Phi) is 10.8. The van der Waals surface area contributed by atoms with E-state index < -0.39 is 35.5 Å². The molecular weight excluding hydrogens is 552 g/mol. The molecule has 2 aromatic rings. The molecule has 3 N–H and O–H groups in total. The fraction of sp³-hybridized carbons (Fsp3) is 0.500. The minimum absolute atomic E-state index is 0.0453. The molecule has 2 aromatic carbocycles. The van der Waals surface area contributed by atoms with Crippen LogP contribution in [-0.2, 0) is 36.7 Å². The van der Waals surface area contributed by atoms with E-state index in [0.29, 0.717) is 25.4 Å². The van der Waals surface area contributed by atoms with Crippen LogP contribution in [0.2, 0.25) is 0 Å². The van der Waals surface area contributed by atoms with Crippen molar-refractivity contribution in [1.29, 1.82) is 0 Å². The van der Waals surface area contributed by atoms with Crippen LogP contribution in [0.25, 0.3) is 0 Å². The maximum absolute atomic E-state index is 13.8. The number of nitrogens with zero attached hydrogens (tertiary/aromatic N) is 1. The second kappa shape index (κ2) is 14.5.